The first-order valence-corrected chi connectivity index (χ1v) is 6.08. The van der Waals surface area contributed by atoms with Gasteiger partial charge in [0, 0.05) is 26.1 Å². The molecule has 1 N–H and O–H groups in total. The molecule has 1 aromatic heterocycles. The van der Waals surface area contributed by atoms with Crippen molar-refractivity contribution in [1.29, 1.82) is 0 Å². The summed E-state index contributed by atoms with van der Waals surface area (Å²) in [6.45, 7) is 7.39. The number of hydrogen-bond donors (Lipinski definition) is 1. The number of carbonyl (C=O) groups is 1. The molecule has 0 unspecified atom stereocenters. The number of hydrogen-bond acceptors (Lipinski definition) is 3. The molecule has 1 aromatic rings. The molecule has 0 saturated carbocycles. The predicted molar refractivity (Wildman–Crippen MR) is 65.4 cm³/mol. The van der Waals surface area contributed by atoms with Gasteiger partial charge in [0.25, 0.3) is 0 Å². The fourth-order valence-corrected chi connectivity index (χ4v) is 2.18. The average molecular weight is 236 g/mol. The Labute approximate surface area is 102 Å². The zero-order chi connectivity index (χ0) is 12.3. The molecular weight excluding hydrogens is 216 g/mol. The Balaban J connectivity index is 2.07. The van der Waals surface area contributed by atoms with Crippen molar-refractivity contribution in [3.63, 3.8) is 0 Å². The molecule has 1 fully saturated rings. The van der Waals surface area contributed by atoms with Gasteiger partial charge >= 0.3 is 0 Å². The van der Waals surface area contributed by atoms with Crippen LogP contribution in [-0.2, 0) is 11.3 Å². The van der Waals surface area contributed by atoms with E-state index in [1.165, 1.54) is 0 Å². The third-order valence-corrected chi connectivity index (χ3v) is 3.02. The highest BCUT2D eigenvalue weighted by Gasteiger charge is 2.27. The van der Waals surface area contributed by atoms with Crippen LogP contribution in [0.25, 0.3) is 0 Å². The van der Waals surface area contributed by atoms with Gasteiger partial charge < -0.3 is 14.6 Å². The number of nitrogens with zero attached hydrogens (tertiary/aromatic N) is 1. The maximum Gasteiger partial charge on any atom is 0.224 e. The van der Waals surface area contributed by atoms with Crippen molar-refractivity contribution in [2.75, 3.05) is 19.6 Å². The van der Waals surface area contributed by atoms with Gasteiger partial charge in [-0.3, -0.25) is 4.79 Å². The van der Waals surface area contributed by atoms with Gasteiger partial charge in [-0.25, -0.2) is 0 Å². The Bertz CT molecular complexity index is 371. The van der Waals surface area contributed by atoms with Gasteiger partial charge in [-0.05, 0) is 17.5 Å². The molecule has 4 heteroatoms. The molecule has 0 spiro atoms. The molecule has 2 rings (SSSR count). The van der Waals surface area contributed by atoms with Gasteiger partial charge in [0.2, 0.25) is 5.91 Å². The molecule has 1 aliphatic heterocycles. The summed E-state index contributed by atoms with van der Waals surface area (Å²) in [5, 5.41) is 3.32. The minimum Gasteiger partial charge on any atom is -0.467 e. The molecule has 94 valence electrons. The fourth-order valence-electron chi connectivity index (χ4n) is 2.18. The van der Waals surface area contributed by atoms with Crippen molar-refractivity contribution in [2.45, 2.75) is 26.8 Å². The van der Waals surface area contributed by atoms with Crippen molar-refractivity contribution in [3.8, 4) is 0 Å². The quantitative estimate of drug-likeness (QED) is 0.849. The standard InChI is InChI=1S/C13H20N2O2/c1-13(2)9-14-6-5-12(16)15(10-13)8-11-4-3-7-17-11/h3-4,7,14H,5-6,8-10H2,1-2H3. The molecule has 1 amide bonds. The molecule has 17 heavy (non-hydrogen) atoms. The van der Waals surface area contributed by atoms with Crippen LogP contribution in [0.4, 0.5) is 0 Å². The van der Waals surface area contributed by atoms with Gasteiger partial charge in [-0.2, -0.15) is 0 Å². The molecule has 2 heterocycles. The Morgan fingerprint density at radius 2 is 2.35 bits per heavy atom. The molecule has 1 aliphatic rings. The second-order valence-electron chi connectivity index (χ2n) is 5.42. The minimum absolute atomic E-state index is 0.0999. The van der Waals surface area contributed by atoms with Gasteiger partial charge in [0.15, 0.2) is 0 Å². The van der Waals surface area contributed by atoms with E-state index in [4.69, 9.17) is 4.42 Å². The maximum atomic E-state index is 12.0. The molecule has 0 aliphatic carbocycles. The Kier molecular flexibility index (Phi) is 3.52. The topological polar surface area (TPSA) is 45.5 Å². The van der Waals surface area contributed by atoms with Crippen molar-refractivity contribution >= 4 is 5.91 Å². The van der Waals surface area contributed by atoms with E-state index in [0.717, 1.165) is 25.4 Å². The summed E-state index contributed by atoms with van der Waals surface area (Å²) < 4.78 is 5.32. The van der Waals surface area contributed by atoms with E-state index in [9.17, 15) is 4.79 Å². The second kappa shape index (κ2) is 4.92. The third kappa shape index (κ3) is 3.33. The first kappa shape index (κ1) is 12.2. The molecule has 0 radical (unpaired) electrons. The summed E-state index contributed by atoms with van der Waals surface area (Å²) in [4.78, 5) is 13.9. The van der Waals surface area contributed by atoms with Gasteiger partial charge in [-0.1, -0.05) is 13.8 Å². The normalized spacial score (nSPS) is 21.1. The fraction of sp³-hybridized carbons (Fsp3) is 0.615. The van der Waals surface area contributed by atoms with E-state index in [1.54, 1.807) is 6.26 Å². The van der Waals surface area contributed by atoms with Gasteiger partial charge in [-0.15, -0.1) is 0 Å². The first-order chi connectivity index (χ1) is 8.07. The van der Waals surface area contributed by atoms with Crippen molar-refractivity contribution in [2.24, 2.45) is 5.41 Å². The summed E-state index contributed by atoms with van der Waals surface area (Å²) in [7, 11) is 0. The van der Waals surface area contributed by atoms with Gasteiger partial charge in [0.05, 0.1) is 12.8 Å². The Hall–Kier alpha value is -1.29. The number of carbonyl (C=O) groups excluding carboxylic acids is 1. The van der Waals surface area contributed by atoms with E-state index in [-0.39, 0.29) is 11.3 Å². The lowest BCUT2D eigenvalue weighted by Crippen LogP contribution is -2.46. The van der Waals surface area contributed by atoms with Crippen LogP contribution < -0.4 is 5.32 Å². The smallest absolute Gasteiger partial charge is 0.224 e. The van der Waals surface area contributed by atoms with Gasteiger partial charge in [0.1, 0.15) is 5.76 Å². The van der Waals surface area contributed by atoms with Crippen LogP contribution in [0.1, 0.15) is 26.0 Å². The zero-order valence-corrected chi connectivity index (χ0v) is 10.5. The summed E-state index contributed by atoms with van der Waals surface area (Å²) in [5.74, 6) is 1.05. The summed E-state index contributed by atoms with van der Waals surface area (Å²) in [6, 6.07) is 3.77. The van der Waals surface area contributed by atoms with Crippen LogP contribution in [-0.4, -0.2) is 30.4 Å². The summed E-state index contributed by atoms with van der Waals surface area (Å²) in [5.41, 5.74) is 0.0999. The third-order valence-electron chi connectivity index (χ3n) is 3.02. The lowest BCUT2D eigenvalue weighted by atomic mass is 9.91. The predicted octanol–water partition coefficient (Wildman–Crippen LogP) is 1.63. The lowest BCUT2D eigenvalue weighted by Gasteiger charge is -2.35. The number of furan rings is 1. The SMILES string of the molecule is CC1(C)CNCCC(=O)N(Cc2ccco2)C1. The number of nitrogens with one attached hydrogen (secondary N) is 1. The van der Waals surface area contributed by atoms with Crippen LogP contribution in [0, 0.1) is 5.41 Å². The number of rotatable bonds is 2. The summed E-state index contributed by atoms with van der Waals surface area (Å²) in [6.07, 6.45) is 2.22. The largest absolute Gasteiger partial charge is 0.467 e. The molecule has 4 nitrogen and oxygen atoms in total. The van der Waals surface area contributed by atoms with Crippen LogP contribution in [0.3, 0.4) is 0 Å². The summed E-state index contributed by atoms with van der Waals surface area (Å²) >= 11 is 0. The zero-order valence-electron chi connectivity index (χ0n) is 10.5. The van der Waals surface area contributed by atoms with E-state index >= 15 is 0 Å². The molecule has 1 saturated heterocycles. The van der Waals surface area contributed by atoms with Crippen LogP contribution in [0.15, 0.2) is 22.8 Å². The lowest BCUT2D eigenvalue weighted by molar-refractivity contribution is -0.134. The molecule has 0 bridgehead atoms. The highest BCUT2D eigenvalue weighted by atomic mass is 16.3. The number of amides is 1. The minimum atomic E-state index is 0.0999. The molecule has 0 atom stereocenters. The Morgan fingerprint density at radius 3 is 3.06 bits per heavy atom. The molecule has 0 aromatic carbocycles. The first-order valence-electron chi connectivity index (χ1n) is 6.08. The van der Waals surface area contributed by atoms with Crippen molar-refractivity contribution < 1.29 is 9.21 Å². The molecular formula is C13H20N2O2. The second-order valence-corrected chi connectivity index (χ2v) is 5.42. The monoisotopic (exact) mass is 236 g/mol. The van der Waals surface area contributed by atoms with Crippen molar-refractivity contribution in [1.82, 2.24) is 10.2 Å². The maximum absolute atomic E-state index is 12.0. The van der Waals surface area contributed by atoms with E-state index in [2.05, 4.69) is 19.2 Å². The van der Waals surface area contributed by atoms with Crippen molar-refractivity contribution in [3.05, 3.63) is 24.2 Å². The van der Waals surface area contributed by atoms with Crippen LogP contribution in [0.5, 0.6) is 0 Å². The Morgan fingerprint density at radius 1 is 1.53 bits per heavy atom. The van der Waals surface area contributed by atoms with Crippen LogP contribution >= 0.6 is 0 Å². The highest BCUT2D eigenvalue weighted by molar-refractivity contribution is 5.76. The average Bonchev–Trinajstić information content (AvgIpc) is 2.74. The van der Waals surface area contributed by atoms with Crippen LogP contribution in [0.2, 0.25) is 0 Å². The van der Waals surface area contributed by atoms with E-state index in [1.807, 2.05) is 17.0 Å². The van der Waals surface area contributed by atoms with E-state index in [0.29, 0.717) is 13.0 Å². The highest BCUT2D eigenvalue weighted by Crippen LogP contribution is 2.20. The van der Waals surface area contributed by atoms with E-state index < -0.39 is 0 Å².